The summed E-state index contributed by atoms with van der Waals surface area (Å²) >= 11 is 0. The molecule has 4 heteroatoms. The molecule has 1 aliphatic rings. The second-order valence-corrected chi connectivity index (χ2v) is 8.20. The average Bonchev–Trinajstić information content (AvgIpc) is 2.65. The van der Waals surface area contributed by atoms with Crippen molar-refractivity contribution in [3.8, 4) is 0 Å². The number of carbonyl (C=O) groups is 2. The summed E-state index contributed by atoms with van der Waals surface area (Å²) in [6.07, 6.45) is 25.4. The SMILES string of the molecule is CC(=O)OC1C=CCCCCCC=CC(OC(C)=O)CCCCCCCCCC1. The molecule has 0 radical (unpaired) electrons. The summed E-state index contributed by atoms with van der Waals surface area (Å²) in [4.78, 5) is 22.6. The molecule has 2 atom stereocenters. The summed E-state index contributed by atoms with van der Waals surface area (Å²) in [5.41, 5.74) is 0. The van der Waals surface area contributed by atoms with Gasteiger partial charge in [0.15, 0.2) is 0 Å². The summed E-state index contributed by atoms with van der Waals surface area (Å²) < 4.78 is 10.9. The Morgan fingerprint density at radius 1 is 0.586 bits per heavy atom. The molecular weight excluding hydrogens is 364 g/mol. The molecule has 0 aromatic carbocycles. The number of hydrogen-bond donors (Lipinski definition) is 0. The van der Waals surface area contributed by atoms with Crippen LogP contribution in [0.4, 0.5) is 0 Å². The van der Waals surface area contributed by atoms with Gasteiger partial charge in [-0.3, -0.25) is 9.59 Å². The number of rotatable bonds is 2. The zero-order valence-electron chi connectivity index (χ0n) is 18.7. The van der Waals surface area contributed by atoms with Crippen LogP contribution in [0.3, 0.4) is 0 Å². The molecule has 0 fully saturated rings. The standard InChI is InChI=1S/C25H42O4/c1-22(26)28-24-18-14-10-6-3-4-7-11-15-19-25(29-23(2)27)21-17-13-9-5-8-12-16-20-24/h16-17,20-21,24-25H,3-15,18-19H2,1-2H3. The molecule has 0 bridgehead atoms. The Morgan fingerprint density at radius 2 is 0.931 bits per heavy atom. The number of ether oxygens (including phenoxy) is 2. The van der Waals surface area contributed by atoms with Crippen LogP contribution in [0.25, 0.3) is 0 Å². The molecule has 0 saturated carbocycles. The van der Waals surface area contributed by atoms with Crippen molar-refractivity contribution in [3.05, 3.63) is 24.3 Å². The van der Waals surface area contributed by atoms with Crippen LogP contribution < -0.4 is 0 Å². The highest BCUT2D eigenvalue weighted by Crippen LogP contribution is 2.16. The number of hydrogen-bond acceptors (Lipinski definition) is 4. The maximum Gasteiger partial charge on any atom is 0.303 e. The van der Waals surface area contributed by atoms with Crippen LogP contribution in [0.2, 0.25) is 0 Å². The van der Waals surface area contributed by atoms with E-state index < -0.39 is 0 Å². The molecule has 2 unspecified atom stereocenters. The van der Waals surface area contributed by atoms with Gasteiger partial charge in [0.25, 0.3) is 0 Å². The number of esters is 2. The Kier molecular flexibility index (Phi) is 15.2. The van der Waals surface area contributed by atoms with Gasteiger partial charge < -0.3 is 9.47 Å². The topological polar surface area (TPSA) is 52.6 Å². The van der Waals surface area contributed by atoms with E-state index in [0.717, 1.165) is 51.4 Å². The van der Waals surface area contributed by atoms with Gasteiger partial charge in [0, 0.05) is 13.8 Å². The maximum atomic E-state index is 11.3. The lowest BCUT2D eigenvalue weighted by molar-refractivity contribution is -0.145. The van der Waals surface area contributed by atoms with Crippen LogP contribution >= 0.6 is 0 Å². The van der Waals surface area contributed by atoms with E-state index in [4.69, 9.17) is 9.47 Å². The fraction of sp³-hybridized carbons (Fsp3) is 0.760. The van der Waals surface area contributed by atoms with E-state index in [1.807, 2.05) is 0 Å². The third-order valence-corrected chi connectivity index (χ3v) is 5.31. The minimum absolute atomic E-state index is 0.0669. The van der Waals surface area contributed by atoms with Crippen LogP contribution in [-0.2, 0) is 19.1 Å². The first-order valence-electron chi connectivity index (χ1n) is 11.8. The zero-order valence-corrected chi connectivity index (χ0v) is 18.7. The van der Waals surface area contributed by atoms with Crippen molar-refractivity contribution in [1.82, 2.24) is 0 Å². The third kappa shape index (κ3) is 16.0. The molecule has 0 aliphatic heterocycles. The molecule has 0 amide bonds. The highest BCUT2D eigenvalue weighted by Gasteiger charge is 2.09. The van der Waals surface area contributed by atoms with Crippen molar-refractivity contribution < 1.29 is 19.1 Å². The van der Waals surface area contributed by atoms with Crippen molar-refractivity contribution in [3.63, 3.8) is 0 Å². The van der Waals surface area contributed by atoms with Crippen LogP contribution in [-0.4, -0.2) is 24.1 Å². The van der Waals surface area contributed by atoms with E-state index in [0.29, 0.717) is 0 Å². The predicted octanol–water partition coefficient (Wildman–Crippen LogP) is 6.83. The number of allylic oxidation sites excluding steroid dienone is 2. The molecule has 0 aromatic rings. The maximum absolute atomic E-state index is 11.3. The predicted molar refractivity (Wildman–Crippen MR) is 119 cm³/mol. The molecule has 1 rings (SSSR count). The second-order valence-electron chi connectivity index (χ2n) is 8.20. The van der Waals surface area contributed by atoms with Crippen LogP contribution in [0, 0.1) is 0 Å². The Labute approximate surface area is 178 Å². The van der Waals surface area contributed by atoms with Gasteiger partial charge >= 0.3 is 11.9 Å². The minimum atomic E-state index is -0.191. The molecule has 166 valence electrons. The van der Waals surface area contributed by atoms with Gasteiger partial charge in [-0.2, -0.15) is 0 Å². The smallest absolute Gasteiger partial charge is 0.303 e. The van der Waals surface area contributed by atoms with E-state index in [1.165, 1.54) is 58.8 Å². The fourth-order valence-electron chi connectivity index (χ4n) is 3.76. The van der Waals surface area contributed by atoms with E-state index >= 15 is 0 Å². The van der Waals surface area contributed by atoms with Crippen molar-refractivity contribution in [2.24, 2.45) is 0 Å². The molecule has 4 nitrogen and oxygen atoms in total. The van der Waals surface area contributed by atoms with E-state index in [1.54, 1.807) is 0 Å². The monoisotopic (exact) mass is 406 g/mol. The largest absolute Gasteiger partial charge is 0.458 e. The summed E-state index contributed by atoms with van der Waals surface area (Å²) in [5, 5.41) is 0. The van der Waals surface area contributed by atoms with Gasteiger partial charge in [0.2, 0.25) is 0 Å². The zero-order chi connectivity index (χ0) is 21.2. The van der Waals surface area contributed by atoms with E-state index in [9.17, 15) is 9.59 Å². The lowest BCUT2D eigenvalue weighted by Crippen LogP contribution is -2.13. The first kappa shape index (κ1) is 25.5. The summed E-state index contributed by atoms with van der Waals surface area (Å²) in [6, 6.07) is 0. The van der Waals surface area contributed by atoms with Gasteiger partial charge in [-0.05, 0) is 63.5 Å². The summed E-state index contributed by atoms with van der Waals surface area (Å²) in [7, 11) is 0. The van der Waals surface area contributed by atoms with Gasteiger partial charge in [-0.15, -0.1) is 0 Å². The molecule has 0 saturated heterocycles. The fourth-order valence-corrected chi connectivity index (χ4v) is 3.76. The molecule has 0 heterocycles. The molecule has 29 heavy (non-hydrogen) atoms. The normalized spacial score (nSPS) is 24.2. The second kappa shape index (κ2) is 17.3. The van der Waals surface area contributed by atoms with Crippen molar-refractivity contribution in [2.45, 2.75) is 122 Å². The molecule has 0 aromatic heterocycles. The van der Waals surface area contributed by atoms with Crippen molar-refractivity contribution in [1.29, 1.82) is 0 Å². The molecule has 0 N–H and O–H groups in total. The summed E-state index contributed by atoms with van der Waals surface area (Å²) in [6.45, 7) is 2.99. The lowest BCUT2D eigenvalue weighted by Gasteiger charge is -2.13. The van der Waals surface area contributed by atoms with Crippen LogP contribution in [0.1, 0.15) is 110 Å². The first-order chi connectivity index (χ1) is 14.1. The number of carbonyl (C=O) groups excluding carboxylic acids is 2. The molecule has 0 spiro atoms. The van der Waals surface area contributed by atoms with Crippen LogP contribution in [0.5, 0.6) is 0 Å². The van der Waals surface area contributed by atoms with Gasteiger partial charge in [-0.1, -0.05) is 57.1 Å². The van der Waals surface area contributed by atoms with Crippen molar-refractivity contribution >= 4 is 11.9 Å². The van der Waals surface area contributed by atoms with Crippen molar-refractivity contribution in [2.75, 3.05) is 0 Å². The third-order valence-electron chi connectivity index (χ3n) is 5.31. The van der Waals surface area contributed by atoms with E-state index in [2.05, 4.69) is 24.3 Å². The van der Waals surface area contributed by atoms with Crippen LogP contribution in [0.15, 0.2) is 24.3 Å². The van der Waals surface area contributed by atoms with Gasteiger partial charge in [0.05, 0.1) is 0 Å². The Hall–Kier alpha value is -1.58. The lowest BCUT2D eigenvalue weighted by atomic mass is 10.0. The van der Waals surface area contributed by atoms with E-state index in [-0.39, 0.29) is 24.1 Å². The minimum Gasteiger partial charge on any atom is -0.458 e. The quantitative estimate of drug-likeness (QED) is 0.372. The Bertz CT molecular complexity index is 451. The molecular formula is C25H42O4. The Morgan fingerprint density at radius 3 is 1.31 bits per heavy atom. The summed E-state index contributed by atoms with van der Waals surface area (Å²) in [5.74, 6) is -0.381. The molecule has 1 aliphatic carbocycles. The van der Waals surface area contributed by atoms with Gasteiger partial charge in [0.1, 0.15) is 12.2 Å². The first-order valence-corrected chi connectivity index (χ1v) is 11.8. The average molecular weight is 407 g/mol. The van der Waals surface area contributed by atoms with Gasteiger partial charge in [-0.25, -0.2) is 0 Å². The highest BCUT2D eigenvalue weighted by molar-refractivity contribution is 5.66. The Balaban J connectivity index is 2.49. The highest BCUT2D eigenvalue weighted by atomic mass is 16.5.